The number of benzene rings is 3. The Kier molecular flexibility index (Phi) is 5.77. The summed E-state index contributed by atoms with van der Waals surface area (Å²) in [5, 5.41) is 19.9. The molecule has 0 saturated heterocycles. The Labute approximate surface area is 178 Å². The fourth-order valence-electron chi connectivity index (χ4n) is 3.42. The summed E-state index contributed by atoms with van der Waals surface area (Å²) >= 11 is 1.32. The van der Waals surface area contributed by atoms with Gasteiger partial charge in [0.2, 0.25) is 5.91 Å². The highest BCUT2D eigenvalue weighted by Gasteiger charge is 2.22. The Hall–Kier alpha value is -3.64. The lowest BCUT2D eigenvalue weighted by molar-refractivity contribution is -0.120. The quantitative estimate of drug-likeness (QED) is 0.440. The molecule has 0 bridgehead atoms. The predicted molar refractivity (Wildman–Crippen MR) is 119 cm³/mol. The van der Waals surface area contributed by atoms with Crippen LogP contribution >= 0.6 is 11.3 Å². The monoisotopic (exact) mass is 416 g/mol. The second kappa shape index (κ2) is 8.80. The summed E-state index contributed by atoms with van der Waals surface area (Å²) in [6.07, 6.45) is 0. The van der Waals surface area contributed by atoms with E-state index in [2.05, 4.69) is 10.6 Å². The molecule has 1 aromatic heterocycles. The van der Waals surface area contributed by atoms with Gasteiger partial charge in [-0.1, -0.05) is 66.7 Å². The van der Waals surface area contributed by atoms with Crippen molar-refractivity contribution in [3.05, 3.63) is 100 Å². The molecule has 3 N–H and O–H groups in total. The number of amides is 2. The molecule has 5 nitrogen and oxygen atoms in total. The van der Waals surface area contributed by atoms with Gasteiger partial charge in [0.25, 0.3) is 5.91 Å². The van der Waals surface area contributed by atoms with Crippen LogP contribution in [0.1, 0.15) is 26.8 Å². The van der Waals surface area contributed by atoms with E-state index in [0.717, 1.165) is 16.3 Å². The molecule has 6 heteroatoms. The van der Waals surface area contributed by atoms with Crippen molar-refractivity contribution >= 4 is 33.9 Å². The third kappa shape index (κ3) is 4.18. The second-order valence-corrected chi connectivity index (χ2v) is 7.74. The normalized spacial score (nSPS) is 11.7. The van der Waals surface area contributed by atoms with Crippen LogP contribution < -0.4 is 10.6 Å². The number of nitrogens with one attached hydrogen (secondary N) is 2. The number of carbonyl (C=O) groups excluding carboxylic acids is 2. The van der Waals surface area contributed by atoms with E-state index in [-0.39, 0.29) is 24.1 Å². The van der Waals surface area contributed by atoms with Gasteiger partial charge in [0.15, 0.2) is 0 Å². The van der Waals surface area contributed by atoms with Gasteiger partial charge in [0.05, 0.1) is 17.5 Å². The number of phenols is 1. The van der Waals surface area contributed by atoms with Gasteiger partial charge in [-0.25, -0.2) is 0 Å². The van der Waals surface area contributed by atoms with E-state index in [1.54, 1.807) is 18.2 Å². The Balaban J connectivity index is 1.63. The highest BCUT2D eigenvalue weighted by atomic mass is 32.1. The van der Waals surface area contributed by atoms with Gasteiger partial charge in [0, 0.05) is 5.56 Å². The minimum atomic E-state index is -0.566. The number of fused-ring (bicyclic) bond motifs is 1. The number of thiophene rings is 1. The number of hydrogen-bond donors (Lipinski definition) is 3. The van der Waals surface area contributed by atoms with Crippen LogP contribution in [-0.4, -0.2) is 23.5 Å². The Bertz CT molecular complexity index is 1170. The topological polar surface area (TPSA) is 78.4 Å². The molecule has 0 saturated carbocycles. The van der Waals surface area contributed by atoms with Crippen LogP contribution in [0.2, 0.25) is 0 Å². The third-order valence-corrected chi connectivity index (χ3v) is 5.70. The molecule has 0 fully saturated rings. The molecule has 0 aliphatic carbocycles. The maximum absolute atomic E-state index is 12.7. The van der Waals surface area contributed by atoms with E-state index < -0.39 is 6.04 Å². The Morgan fingerprint density at radius 2 is 1.67 bits per heavy atom. The summed E-state index contributed by atoms with van der Waals surface area (Å²) in [5.74, 6) is -0.531. The van der Waals surface area contributed by atoms with E-state index in [0.29, 0.717) is 10.4 Å². The summed E-state index contributed by atoms with van der Waals surface area (Å²) < 4.78 is 0. The Morgan fingerprint density at radius 3 is 2.43 bits per heavy atom. The van der Waals surface area contributed by atoms with Gasteiger partial charge in [-0.15, -0.1) is 11.3 Å². The van der Waals surface area contributed by atoms with Crippen molar-refractivity contribution in [2.24, 2.45) is 0 Å². The van der Waals surface area contributed by atoms with Crippen molar-refractivity contribution in [3.63, 3.8) is 0 Å². The van der Waals surface area contributed by atoms with E-state index in [1.807, 2.05) is 66.0 Å². The highest BCUT2D eigenvalue weighted by Crippen LogP contribution is 2.35. The van der Waals surface area contributed by atoms with Crippen LogP contribution in [-0.2, 0) is 4.79 Å². The summed E-state index contributed by atoms with van der Waals surface area (Å²) in [4.78, 5) is 25.4. The lowest BCUT2D eigenvalue weighted by Crippen LogP contribution is -2.38. The molecule has 1 heterocycles. The fourth-order valence-corrected chi connectivity index (χ4v) is 4.06. The van der Waals surface area contributed by atoms with Gasteiger partial charge in [-0.3, -0.25) is 9.59 Å². The van der Waals surface area contributed by atoms with Crippen molar-refractivity contribution in [1.82, 2.24) is 10.6 Å². The van der Waals surface area contributed by atoms with Crippen LogP contribution in [0.5, 0.6) is 5.75 Å². The zero-order valence-electron chi connectivity index (χ0n) is 16.0. The minimum Gasteiger partial charge on any atom is -0.508 e. The van der Waals surface area contributed by atoms with E-state index in [9.17, 15) is 14.7 Å². The minimum absolute atomic E-state index is 0.102. The second-order valence-electron chi connectivity index (χ2n) is 6.79. The number of rotatable bonds is 6. The molecule has 2 amide bonds. The van der Waals surface area contributed by atoms with Crippen molar-refractivity contribution in [2.75, 3.05) is 6.54 Å². The molecule has 4 aromatic rings. The molecular weight excluding hydrogens is 396 g/mol. The summed E-state index contributed by atoms with van der Waals surface area (Å²) in [7, 11) is 0. The van der Waals surface area contributed by atoms with Gasteiger partial charge in [0.1, 0.15) is 5.75 Å². The van der Waals surface area contributed by atoms with Gasteiger partial charge in [-0.2, -0.15) is 0 Å². The van der Waals surface area contributed by atoms with E-state index in [1.165, 1.54) is 11.3 Å². The maximum Gasteiger partial charge on any atom is 0.261 e. The fraction of sp³-hybridized carbons (Fsp3) is 0.0833. The molecule has 0 radical (unpaired) electrons. The van der Waals surface area contributed by atoms with Crippen LogP contribution in [0.15, 0.2) is 84.2 Å². The predicted octanol–water partition coefficient (Wildman–Crippen LogP) is 4.24. The molecule has 0 aliphatic rings. The third-order valence-electron chi connectivity index (χ3n) is 4.83. The van der Waals surface area contributed by atoms with Crippen molar-refractivity contribution in [1.29, 1.82) is 0 Å². The highest BCUT2D eigenvalue weighted by molar-refractivity contribution is 7.12. The molecule has 1 atom stereocenters. The molecule has 1 unspecified atom stereocenters. The first-order valence-electron chi connectivity index (χ1n) is 9.50. The summed E-state index contributed by atoms with van der Waals surface area (Å²) in [6.45, 7) is -0.161. The number of aromatic hydroxyl groups is 1. The number of hydrogen-bond acceptors (Lipinski definition) is 4. The first-order chi connectivity index (χ1) is 14.6. The SMILES string of the molecule is O=C(CNC(=O)c1cccs1)NC(c1ccccc1)c1c(O)ccc2ccccc12. The number of phenolic OH excluding ortho intramolecular Hbond substituents is 1. The molecule has 4 rings (SSSR count). The molecule has 3 aromatic carbocycles. The van der Waals surface area contributed by atoms with Gasteiger partial charge < -0.3 is 15.7 Å². The van der Waals surface area contributed by atoms with Crippen molar-refractivity contribution < 1.29 is 14.7 Å². The lowest BCUT2D eigenvalue weighted by atomic mass is 9.92. The molecule has 0 aliphatic heterocycles. The van der Waals surface area contributed by atoms with E-state index in [4.69, 9.17) is 0 Å². The van der Waals surface area contributed by atoms with E-state index >= 15 is 0 Å². The van der Waals surface area contributed by atoms with Crippen LogP contribution in [0.25, 0.3) is 10.8 Å². The maximum atomic E-state index is 12.7. The van der Waals surface area contributed by atoms with Gasteiger partial charge >= 0.3 is 0 Å². The molecular formula is C24H20N2O3S. The Morgan fingerprint density at radius 1 is 0.900 bits per heavy atom. The van der Waals surface area contributed by atoms with Gasteiger partial charge in [-0.05, 0) is 33.8 Å². The molecule has 150 valence electrons. The average molecular weight is 417 g/mol. The number of carbonyl (C=O) groups is 2. The summed E-state index contributed by atoms with van der Waals surface area (Å²) in [5.41, 5.74) is 1.46. The summed E-state index contributed by atoms with van der Waals surface area (Å²) in [6, 6.07) is 23.6. The van der Waals surface area contributed by atoms with Crippen LogP contribution in [0, 0.1) is 0 Å². The average Bonchev–Trinajstić information content (AvgIpc) is 3.32. The lowest BCUT2D eigenvalue weighted by Gasteiger charge is -2.22. The first kappa shape index (κ1) is 19.7. The first-order valence-corrected chi connectivity index (χ1v) is 10.4. The largest absolute Gasteiger partial charge is 0.508 e. The molecule has 0 spiro atoms. The van der Waals surface area contributed by atoms with Crippen molar-refractivity contribution in [3.8, 4) is 5.75 Å². The standard InChI is InChI=1S/C24H20N2O3S/c27-19-13-12-16-7-4-5-10-18(16)22(19)23(17-8-2-1-3-9-17)26-21(28)15-25-24(29)20-11-6-14-30-20/h1-14,23,27H,15H2,(H,25,29)(H,26,28). The molecule has 30 heavy (non-hydrogen) atoms. The van der Waals surface area contributed by atoms with Crippen molar-refractivity contribution in [2.45, 2.75) is 6.04 Å². The van der Waals surface area contributed by atoms with Crippen LogP contribution in [0.3, 0.4) is 0 Å². The van der Waals surface area contributed by atoms with Crippen LogP contribution in [0.4, 0.5) is 0 Å². The zero-order chi connectivity index (χ0) is 20.9. The smallest absolute Gasteiger partial charge is 0.261 e. The zero-order valence-corrected chi connectivity index (χ0v) is 16.9.